The highest BCUT2D eigenvalue weighted by molar-refractivity contribution is 7.10. The molecule has 4 aliphatic heterocycles. The lowest BCUT2D eigenvalue weighted by Gasteiger charge is -2.37. The second-order valence-electron chi connectivity index (χ2n) is 33.3. The molecule has 704 valence electrons. The van der Waals surface area contributed by atoms with Crippen LogP contribution in [-0.4, -0.2) is 216 Å². The highest BCUT2D eigenvalue weighted by Crippen LogP contribution is 2.38. The molecule has 0 atom stereocenters. The molecule has 135 heavy (non-hydrogen) atoms. The number of nitrogens with zero attached hydrogens (tertiary/aromatic N) is 13. The SMILES string of the molecule is CCOC(=O)c1c(N2CCN(C(=O)Cc3cccs3)CC2)c2ccccc2n(C)c1=O.CCOC(=O)c1c(N2CCN(C(=O)c3ccco3)CC2)c2ccccc2n(CCC2CCCCC2)c1=O.CCOC(=O)c1c(N2CCN(C(=O)c3ccco3)CC2)c2ccccc2n(Cc2ccc(OC)cc2)c1=O.Cn1c(=O)c([N+](=O)[O-])c(N2CCN(C(=O)Cc3cccs3)CC2)c2ccccc21. The van der Waals surface area contributed by atoms with Crippen molar-refractivity contribution in [3.05, 3.63) is 288 Å². The molecule has 12 heterocycles. The van der Waals surface area contributed by atoms with Crippen LogP contribution in [0.15, 0.2) is 221 Å². The minimum Gasteiger partial charge on any atom is -0.497 e. The van der Waals surface area contributed by atoms with Gasteiger partial charge in [0.2, 0.25) is 11.8 Å². The number of hydrogen-bond acceptors (Lipinski definition) is 25. The summed E-state index contributed by atoms with van der Waals surface area (Å²) in [6.07, 6.45) is 10.9. The number of fused-ring (bicyclic) bond motifs is 4. The van der Waals surface area contributed by atoms with Crippen LogP contribution in [0.4, 0.5) is 28.4 Å². The number of ether oxygens (including phenoxy) is 4. The number of piperazine rings is 4. The van der Waals surface area contributed by atoms with E-state index in [4.69, 9.17) is 27.8 Å². The number of benzene rings is 5. The molecule has 0 radical (unpaired) electrons. The first-order chi connectivity index (χ1) is 65.6. The van der Waals surface area contributed by atoms with Gasteiger partial charge in [-0.15, -0.1) is 22.7 Å². The van der Waals surface area contributed by atoms with Gasteiger partial charge in [0.25, 0.3) is 28.5 Å². The van der Waals surface area contributed by atoms with E-state index in [0.29, 0.717) is 175 Å². The third-order valence-electron chi connectivity index (χ3n) is 25.4. The predicted molar refractivity (Wildman–Crippen MR) is 520 cm³/mol. The van der Waals surface area contributed by atoms with Crippen molar-refractivity contribution >= 4 is 136 Å². The van der Waals surface area contributed by atoms with Gasteiger partial charge < -0.3 is 85.2 Å². The van der Waals surface area contributed by atoms with E-state index in [1.54, 1.807) is 137 Å². The van der Waals surface area contributed by atoms with Crippen molar-refractivity contribution in [2.75, 3.05) is 151 Å². The first kappa shape index (κ1) is 95.2. The van der Waals surface area contributed by atoms with Gasteiger partial charge in [0.15, 0.2) is 11.5 Å². The third kappa shape index (κ3) is 21.2. The Morgan fingerprint density at radius 3 is 1.18 bits per heavy atom. The molecular formula is C101H109N13O19S2. The van der Waals surface area contributed by atoms with E-state index in [2.05, 4.69) is 0 Å². The molecule has 13 aromatic rings. The summed E-state index contributed by atoms with van der Waals surface area (Å²) in [5.41, 5.74) is 3.98. The van der Waals surface area contributed by atoms with Gasteiger partial charge in [-0.1, -0.05) is 129 Å². The standard InChI is InChI=1S/C29H29N3O6.C29H35N3O5.C23H25N3O4S.C20H20N4O4S/c1-3-37-29(35)25-26(30-14-16-31(17-15-30)27(33)24-9-6-18-38-24)22-7-4-5-8-23(22)32(28(25)34)19-20-10-12-21(36-2)13-11-20;1-2-36-29(35)25-26(30-16-18-31(19-17-30)27(33)24-13-8-20-37-24)22-11-6-7-12-23(22)32(28(25)34)15-14-21-9-4-3-5-10-21;1-3-30-23(29)20-21(17-8-4-5-9-18(17)24(2)22(20)28)26-12-10-25(11-13-26)19(27)15-16-7-6-14-31-16;1-21-16-7-3-2-6-15(16)18(19(20(21)26)24(27)28)23-10-8-22(9-11-23)17(25)13-14-5-4-12-29-14/h4-13,18H,3,14-17,19H2,1-2H3;6-8,11-13,20-21H,2-5,9-10,14-19H2,1H3;4-9,14H,3,10-13,15H2,1-2H3;2-7,12H,8-11,13H2,1H3. The third-order valence-corrected chi connectivity index (χ3v) is 27.1. The van der Waals surface area contributed by atoms with Gasteiger partial charge in [0.05, 0.1) is 103 Å². The second kappa shape index (κ2) is 44.0. The molecule has 5 fully saturated rings. The quantitative estimate of drug-likeness (QED) is 0.0248. The Hall–Kier alpha value is -14.4. The predicted octanol–water partition coefficient (Wildman–Crippen LogP) is 13.6. The normalized spacial score (nSPS) is 14.7. The van der Waals surface area contributed by atoms with E-state index in [1.165, 1.54) is 53.8 Å². The van der Waals surface area contributed by atoms with Crippen molar-refractivity contribution in [1.82, 2.24) is 37.9 Å². The fourth-order valence-corrected chi connectivity index (χ4v) is 19.9. The highest BCUT2D eigenvalue weighted by Gasteiger charge is 2.37. The van der Waals surface area contributed by atoms with Crippen LogP contribution in [0.3, 0.4) is 0 Å². The summed E-state index contributed by atoms with van der Waals surface area (Å²) >= 11 is 3.13. The number of thiophene rings is 2. The summed E-state index contributed by atoms with van der Waals surface area (Å²) < 4.78 is 38.0. The topological polar surface area (TPSA) is 340 Å². The maximum absolute atomic E-state index is 14.0. The van der Waals surface area contributed by atoms with E-state index in [0.717, 1.165) is 54.7 Å². The minimum atomic E-state index is -0.657. The lowest BCUT2D eigenvalue weighted by atomic mass is 9.87. The van der Waals surface area contributed by atoms with Crippen molar-refractivity contribution in [2.45, 2.75) is 85.2 Å². The van der Waals surface area contributed by atoms with E-state index in [9.17, 15) is 62.9 Å². The fourth-order valence-electron chi connectivity index (χ4n) is 18.5. The number of furan rings is 2. The molecule has 4 saturated heterocycles. The number of carbonyl (C=O) groups excluding carboxylic acids is 7. The number of pyridine rings is 4. The first-order valence-electron chi connectivity index (χ1n) is 45.7. The Morgan fingerprint density at radius 1 is 0.415 bits per heavy atom. The van der Waals surface area contributed by atoms with Crippen LogP contribution in [0.1, 0.15) is 127 Å². The van der Waals surface area contributed by atoms with Crippen molar-refractivity contribution in [2.24, 2.45) is 20.0 Å². The van der Waals surface area contributed by atoms with Crippen molar-refractivity contribution in [3.63, 3.8) is 0 Å². The summed E-state index contributed by atoms with van der Waals surface area (Å²) in [7, 11) is 4.81. The van der Waals surface area contributed by atoms with Gasteiger partial charge in [0.1, 0.15) is 28.1 Å². The minimum absolute atomic E-state index is 0.00451. The van der Waals surface area contributed by atoms with Gasteiger partial charge in [-0.25, -0.2) is 14.4 Å². The number of rotatable bonds is 23. The molecule has 5 aliphatic rings. The first-order valence-corrected chi connectivity index (χ1v) is 47.4. The molecule has 5 aromatic carbocycles. The number of hydrogen-bond donors (Lipinski definition) is 0. The summed E-state index contributed by atoms with van der Waals surface area (Å²) in [6.45, 7) is 14.2. The van der Waals surface area contributed by atoms with Gasteiger partial charge in [0, 0.05) is 157 Å². The number of para-hydroxylation sites is 4. The number of nitro groups is 1. The number of aryl methyl sites for hydroxylation is 3. The zero-order valence-corrected chi connectivity index (χ0v) is 78.1. The summed E-state index contributed by atoms with van der Waals surface area (Å²) in [5, 5.41) is 18.8. The van der Waals surface area contributed by atoms with E-state index in [-0.39, 0.29) is 83.6 Å². The number of amides is 4. The lowest BCUT2D eigenvalue weighted by Crippen LogP contribution is -2.50. The van der Waals surface area contributed by atoms with Crippen LogP contribution < -0.4 is 46.6 Å². The van der Waals surface area contributed by atoms with E-state index in [1.807, 2.05) is 157 Å². The monoisotopic (exact) mass is 1870 g/mol. The Morgan fingerprint density at radius 2 is 0.785 bits per heavy atom. The maximum Gasteiger partial charge on any atom is 0.357 e. The molecule has 1 saturated carbocycles. The van der Waals surface area contributed by atoms with Crippen LogP contribution in [0.25, 0.3) is 43.6 Å². The van der Waals surface area contributed by atoms with Gasteiger partial charge in [-0.2, -0.15) is 0 Å². The number of carbonyl (C=O) groups is 7. The zero-order chi connectivity index (χ0) is 94.9. The molecule has 8 aromatic heterocycles. The molecule has 32 nitrogen and oxygen atoms in total. The lowest BCUT2D eigenvalue weighted by molar-refractivity contribution is -0.385. The fraction of sp³-hybridized carbons (Fsp3) is 0.356. The van der Waals surface area contributed by atoms with E-state index < -0.39 is 39.6 Å². The van der Waals surface area contributed by atoms with Gasteiger partial charge in [-0.3, -0.25) is 48.5 Å². The Bertz CT molecular complexity index is 6690. The van der Waals surface area contributed by atoms with Gasteiger partial charge in [-0.05, 0) is 122 Å². The smallest absolute Gasteiger partial charge is 0.357 e. The number of aromatic nitrogens is 4. The maximum atomic E-state index is 14.0. The van der Waals surface area contributed by atoms with Crippen molar-refractivity contribution in [1.29, 1.82) is 0 Å². The molecule has 0 unspecified atom stereocenters. The van der Waals surface area contributed by atoms with Crippen LogP contribution >= 0.6 is 22.7 Å². The van der Waals surface area contributed by atoms with Crippen LogP contribution in [0.5, 0.6) is 5.75 Å². The molecule has 18 rings (SSSR count). The highest BCUT2D eigenvalue weighted by atomic mass is 32.1. The Balaban J connectivity index is 0.000000138. The largest absolute Gasteiger partial charge is 0.497 e. The number of esters is 3. The molecule has 34 heteroatoms. The molecule has 1 aliphatic carbocycles. The summed E-state index contributed by atoms with van der Waals surface area (Å²) in [4.78, 5) is 172. The average Bonchev–Trinajstić information content (AvgIpc) is 1.26. The summed E-state index contributed by atoms with van der Waals surface area (Å²) in [5.74, 6) is -0.105. The zero-order valence-electron chi connectivity index (χ0n) is 76.4. The van der Waals surface area contributed by atoms with Gasteiger partial charge >= 0.3 is 29.2 Å². The molecule has 0 N–H and O–H groups in total. The summed E-state index contributed by atoms with van der Waals surface area (Å²) in [6, 6.07) is 52.1. The average molecular weight is 1870 g/mol. The van der Waals surface area contributed by atoms with E-state index >= 15 is 0 Å². The molecule has 0 spiro atoms. The molecule has 0 bridgehead atoms. The number of methoxy groups -OCH3 is 1. The number of anilines is 4. The molecule has 4 amide bonds. The van der Waals surface area contributed by atoms with Crippen molar-refractivity contribution in [3.8, 4) is 5.75 Å². The Labute approximate surface area is 786 Å². The molecular weight excluding hydrogens is 1760 g/mol. The Kier molecular flexibility index (Phi) is 31.0. The van der Waals surface area contributed by atoms with Crippen LogP contribution in [0, 0.1) is 16.0 Å². The second-order valence-corrected chi connectivity index (χ2v) is 35.4. The van der Waals surface area contributed by atoms with Crippen molar-refractivity contribution < 1.29 is 66.3 Å². The van der Waals surface area contributed by atoms with Crippen LogP contribution in [-0.2, 0) is 63.8 Å². The van der Waals surface area contributed by atoms with Crippen LogP contribution in [0.2, 0.25) is 0 Å².